The van der Waals surface area contributed by atoms with Gasteiger partial charge in [0.1, 0.15) is 12.2 Å². The van der Waals surface area contributed by atoms with Gasteiger partial charge in [0.25, 0.3) is 0 Å². The Morgan fingerprint density at radius 2 is 1.85 bits per heavy atom. The normalized spacial score (nSPS) is 52.2. The van der Waals surface area contributed by atoms with Crippen molar-refractivity contribution in [2.45, 2.75) is 50.7 Å². The van der Waals surface area contributed by atoms with Crippen LogP contribution in [-0.4, -0.2) is 37.0 Å². The fourth-order valence-electron chi connectivity index (χ4n) is 2.04. The van der Waals surface area contributed by atoms with Crippen LogP contribution in [0.4, 0.5) is 0 Å². The topological polar surface area (TPSA) is 40.2 Å². The monoisotopic (exact) mass is 186 g/mol. The zero-order valence-electron chi connectivity index (χ0n) is 7.86. The largest absolute Gasteiger partial charge is 0.370 e. The van der Waals surface area contributed by atoms with Crippen molar-refractivity contribution in [2.75, 3.05) is 6.61 Å². The first-order chi connectivity index (χ1) is 6.14. The highest BCUT2D eigenvalue weighted by molar-refractivity contribution is 4.92. The Bertz CT molecular complexity index is 208. The minimum Gasteiger partial charge on any atom is -0.370 e. The molecule has 4 heteroatoms. The SMILES string of the molecule is CC1(C)O[C@H]2O[C@@H](C3CO3)C[C@H]2O1. The maximum atomic E-state index is 5.68. The minimum atomic E-state index is -0.481. The Kier molecular flexibility index (Phi) is 1.54. The summed E-state index contributed by atoms with van der Waals surface area (Å²) in [6.07, 6.45) is 1.30. The van der Waals surface area contributed by atoms with Crippen molar-refractivity contribution in [2.24, 2.45) is 0 Å². The fraction of sp³-hybridized carbons (Fsp3) is 1.00. The van der Waals surface area contributed by atoms with E-state index in [9.17, 15) is 0 Å². The number of fused-ring (bicyclic) bond motifs is 1. The zero-order chi connectivity index (χ0) is 9.05. The van der Waals surface area contributed by atoms with Crippen LogP contribution in [0.15, 0.2) is 0 Å². The van der Waals surface area contributed by atoms with Crippen molar-refractivity contribution in [3.8, 4) is 0 Å². The molecule has 3 aliphatic heterocycles. The second-order valence-electron chi connectivity index (χ2n) is 4.32. The van der Waals surface area contributed by atoms with Crippen LogP contribution < -0.4 is 0 Å². The van der Waals surface area contributed by atoms with Crippen molar-refractivity contribution >= 4 is 0 Å². The average Bonchev–Trinajstić information content (AvgIpc) is 2.71. The Labute approximate surface area is 77.1 Å². The van der Waals surface area contributed by atoms with Gasteiger partial charge in [-0.2, -0.15) is 0 Å². The van der Waals surface area contributed by atoms with Crippen LogP contribution in [0.1, 0.15) is 20.3 Å². The highest BCUT2D eigenvalue weighted by Crippen LogP contribution is 2.39. The molecule has 3 aliphatic rings. The molecule has 3 saturated heterocycles. The maximum Gasteiger partial charge on any atom is 0.187 e. The van der Waals surface area contributed by atoms with Crippen molar-refractivity contribution in [3.05, 3.63) is 0 Å². The molecule has 0 saturated carbocycles. The second-order valence-corrected chi connectivity index (χ2v) is 4.32. The van der Waals surface area contributed by atoms with E-state index < -0.39 is 5.79 Å². The van der Waals surface area contributed by atoms with Gasteiger partial charge in [-0.05, 0) is 13.8 Å². The third-order valence-corrected chi connectivity index (χ3v) is 2.69. The van der Waals surface area contributed by atoms with Gasteiger partial charge in [0.15, 0.2) is 12.1 Å². The maximum absolute atomic E-state index is 5.68. The highest BCUT2D eigenvalue weighted by Gasteiger charge is 2.52. The van der Waals surface area contributed by atoms with E-state index in [1.54, 1.807) is 0 Å². The van der Waals surface area contributed by atoms with Gasteiger partial charge in [0.2, 0.25) is 0 Å². The van der Waals surface area contributed by atoms with Gasteiger partial charge in [-0.15, -0.1) is 0 Å². The van der Waals surface area contributed by atoms with Crippen molar-refractivity contribution < 1.29 is 18.9 Å². The molecule has 0 bridgehead atoms. The van der Waals surface area contributed by atoms with Crippen LogP contribution in [0.3, 0.4) is 0 Å². The number of hydrogen-bond acceptors (Lipinski definition) is 4. The molecule has 3 rings (SSSR count). The lowest BCUT2D eigenvalue weighted by atomic mass is 10.1. The van der Waals surface area contributed by atoms with Crippen molar-refractivity contribution in [3.63, 3.8) is 0 Å². The molecule has 3 heterocycles. The lowest BCUT2D eigenvalue weighted by Crippen LogP contribution is -2.26. The van der Waals surface area contributed by atoms with E-state index in [2.05, 4.69) is 0 Å². The first-order valence-corrected chi connectivity index (χ1v) is 4.77. The van der Waals surface area contributed by atoms with Crippen LogP contribution in [0.2, 0.25) is 0 Å². The quantitative estimate of drug-likeness (QED) is 0.564. The Morgan fingerprint density at radius 3 is 2.46 bits per heavy atom. The summed E-state index contributed by atoms with van der Waals surface area (Å²) in [5.74, 6) is -0.481. The van der Waals surface area contributed by atoms with Crippen LogP contribution in [0.5, 0.6) is 0 Å². The van der Waals surface area contributed by atoms with Gasteiger partial charge in [-0.25, -0.2) is 0 Å². The van der Waals surface area contributed by atoms with Crippen molar-refractivity contribution in [1.82, 2.24) is 0 Å². The summed E-state index contributed by atoms with van der Waals surface area (Å²) in [5.41, 5.74) is 0. The average molecular weight is 186 g/mol. The molecule has 0 aromatic carbocycles. The Morgan fingerprint density at radius 1 is 1.08 bits per heavy atom. The first kappa shape index (κ1) is 8.17. The summed E-state index contributed by atoms with van der Waals surface area (Å²) in [7, 11) is 0. The molecule has 1 unspecified atom stereocenters. The molecule has 0 aliphatic carbocycles. The lowest BCUT2D eigenvalue weighted by Gasteiger charge is -2.19. The molecule has 0 radical (unpaired) electrons. The first-order valence-electron chi connectivity index (χ1n) is 4.77. The number of hydrogen-bond donors (Lipinski definition) is 0. The molecule has 0 N–H and O–H groups in total. The lowest BCUT2D eigenvalue weighted by molar-refractivity contribution is -0.206. The standard InChI is InChI=1S/C9H14O4/c1-9(2)12-6-3-5(7-4-10-7)11-8(6)13-9/h5-8H,3-4H2,1-2H3/t5-,6-,7?,8-/m1/s1. The van der Waals surface area contributed by atoms with E-state index in [1.807, 2.05) is 13.8 Å². The summed E-state index contributed by atoms with van der Waals surface area (Å²) in [6.45, 7) is 4.65. The number of rotatable bonds is 1. The fourth-order valence-corrected chi connectivity index (χ4v) is 2.04. The van der Waals surface area contributed by atoms with E-state index in [4.69, 9.17) is 18.9 Å². The number of epoxide rings is 1. The second kappa shape index (κ2) is 2.45. The Balaban J connectivity index is 1.66. The summed E-state index contributed by atoms with van der Waals surface area (Å²) < 4.78 is 22.1. The van der Waals surface area contributed by atoms with Crippen molar-refractivity contribution in [1.29, 1.82) is 0 Å². The van der Waals surface area contributed by atoms with Gasteiger partial charge < -0.3 is 18.9 Å². The molecule has 0 aromatic heterocycles. The summed E-state index contributed by atoms with van der Waals surface area (Å²) >= 11 is 0. The van der Waals surface area contributed by atoms with Crippen LogP contribution in [0.25, 0.3) is 0 Å². The van der Waals surface area contributed by atoms with Crippen LogP contribution >= 0.6 is 0 Å². The summed E-state index contributed by atoms with van der Waals surface area (Å²) in [6, 6.07) is 0. The van der Waals surface area contributed by atoms with Gasteiger partial charge in [0, 0.05) is 6.42 Å². The third kappa shape index (κ3) is 1.38. The molecule has 0 amide bonds. The van der Waals surface area contributed by atoms with Crippen LogP contribution in [0, 0.1) is 0 Å². The highest BCUT2D eigenvalue weighted by atomic mass is 16.8. The molecule has 4 nitrogen and oxygen atoms in total. The molecule has 74 valence electrons. The van der Waals surface area contributed by atoms with E-state index in [1.165, 1.54) is 0 Å². The molecule has 13 heavy (non-hydrogen) atoms. The molecule has 0 spiro atoms. The summed E-state index contributed by atoms with van der Waals surface area (Å²) in [5, 5.41) is 0. The van der Waals surface area contributed by atoms with E-state index >= 15 is 0 Å². The number of ether oxygens (including phenoxy) is 4. The third-order valence-electron chi connectivity index (χ3n) is 2.69. The summed E-state index contributed by atoms with van der Waals surface area (Å²) in [4.78, 5) is 0. The van der Waals surface area contributed by atoms with Gasteiger partial charge >= 0.3 is 0 Å². The van der Waals surface area contributed by atoms with E-state index in [-0.39, 0.29) is 18.5 Å². The predicted molar refractivity (Wildman–Crippen MR) is 43.1 cm³/mol. The van der Waals surface area contributed by atoms with Gasteiger partial charge in [0.05, 0.1) is 12.7 Å². The van der Waals surface area contributed by atoms with E-state index in [0.29, 0.717) is 6.10 Å². The zero-order valence-corrected chi connectivity index (χ0v) is 7.86. The van der Waals surface area contributed by atoms with E-state index in [0.717, 1.165) is 13.0 Å². The predicted octanol–water partition coefficient (Wildman–Crippen LogP) is 0.652. The minimum absolute atomic E-state index is 0.101. The molecule has 0 aromatic rings. The molecular weight excluding hydrogens is 172 g/mol. The molecule has 3 fully saturated rings. The van der Waals surface area contributed by atoms with Gasteiger partial charge in [-0.1, -0.05) is 0 Å². The molecular formula is C9H14O4. The van der Waals surface area contributed by atoms with Crippen LogP contribution in [-0.2, 0) is 18.9 Å². The Hall–Kier alpha value is -0.160. The smallest absolute Gasteiger partial charge is 0.187 e. The molecule has 4 atom stereocenters. The van der Waals surface area contributed by atoms with Gasteiger partial charge in [-0.3, -0.25) is 0 Å².